The van der Waals surface area contributed by atoms with Gasteiger partial charge in [-0.1, -0.05) is 44.5 Å². The molecule has 0 bridgehead atoms. The molecule has 1 saturated carbocycles. The Kier molecular flexibility index (Phi) is 2.57. The molecule has 1 heteroatoms. The van der Waals surface area contributed by atoms with Crippen LogP contribution >= 0.6 is 11.6 Å². The Labute approximate surface area is 91.3 Å². The van der Waals surface area contributed by atoms with E-state index in [4.69, 9.17) is 11.6 Å². The van der Waals surface area contributed by atoms with Crippen LogP contribution in [0.5, 0.6) is 0 Å². The predicted molar refractivity (Wildman–Crippen MR) is 61.7 cm³/mol. The number of benzene rings is 1. The largest absolute Gasteiger partial charge is 0.0843 e. The average molecular weight is 209 g/mol. The van der Waals surface area contributed by atoms with E-state index >= 15 is 0 Å². The third kappa shape index (κ3) is 1.46. The summed E-state index contributed by atoms with van der Waals surface area (Å²) >= 11 is 5.88. The first-order chi connectivity index (χ1) is 6.61. The van der Waals surface area contributed by atoms with E-state index in [1.54, 1.807) is 0 Å². The van der Waals surface area contributed by atoms with Gasteiger partial charge in [0.15, 0.2) is 0 Å². The zero-order valence-electron chi connectivity index (χ0n) is 9.00. The first-order valence-corrected chi connectivity index (χ1v) is 5.74. The van der Waals surface area contributed by atoms with Crippen molar-refractivity contribution in [2.45, 2.75) is 26.7 Å². The highest BCUT2D eigenvalue weighted by atomic mass is 35.5. The van der Waals surface area contributed by atoms with Crippen molar-refractivity contribution in [2.24, 2.45) is 17.8 Å². The van der Waals surface area contributed by atoms with Crippen molar-refractivity contribution in [2.75, 3.05) is 0 Å². The maximum absolute atomic E-state index is 5.88. The van der Waals surface area contributed by atoms with E-state index in [2.05, 4.69) is 32.9 Å². The van der Waals surface area contributed by atoms with E-state index in [-0.39, 0.29) is 0 Å². The van der Waals surface area contributed by atoms with Crippen molar-refractivity contribution in [3.63, 3.8) is 0 Å². The smallest absolute Gasteiger partial charge is 0.0406 e. The van der Waals surface area contributed by atoms with E-state index in [9.17, 15) is 0 Å². The standard InChI is InChI=1S/C13H17Cl/c1-8-9(2)13(10(8)3)11-4-6-12(14)7-5-11/h4-10,13H,1-3H3. The van der Waals surface area contributed by atoms with Gasteiger partial charge in [-0.05, 0) is 41.4 Å². The lowest BCUT2D eigenvalue weighted by Gasteiger charge is -2.48. The molecular formula is C13H17Cl. The molecule has 76 valence electrons. The van der Waals surface area contributed by atoms with Gasteiger partial charge in [-0.25, -0.2) is 0 Å². The first kappa shape index (κ1) is 10.0. The van der Waals surface area contributed by atoms with Gasteiger partial charge in [0.2, 0.25) is 0 Å². The van der Waals surface area contributed by atoms with Gasteiger partial charge < -0.3 is 0 Å². The van der Waals surface area contributed by atoms with Gasteiger partial charge >= 0.3 is 0 Å². The van der Waals surface area contributed by atoms with Crippen LogP contribution in [0, 0.1) is 17.8 Å². The van der Waals surface area contributed by atoms with Gasteiger partial charge in [0.1, 0.15) is 0 Å². The molecule has 0 saturated heterocycles. The number of rotatable bonds is 1. The summed E-state index contributed by atoms with van der Waals surface area (Å²) in [5, 5.41) is 0.835. The second-order valence-electron chi connectivity index (χ2n) is 4.65. The lowest BCUT2D eigenvalue weighted by molar-refractivity contribution is 0.0756. The van der Waals surface area contributed by atoms with Gasteiger partial charge in [0.25, 0.3) is 0 Å². The molecule has 2 rings (SSSR count). The molecule has 1 aromatic rings. The predicted octanol–water partition coefficient (Wildman–Crippen LogP) is 4.35. The Morgan fingerprint density at radius 3 is 1.86 bits per heavy atom. The minimum atomic E-state index is 0.738. The van der Waals surface area contributed by atoms with Crippen molar-refractivity contribution in [1.29, 1.82) is 0 Å². The zero-order valence-corrected chi connectivity index (χ0v) is 9.75. The highest BCUT2D eigenvalue weighted by molar-refractivity contribution is 6.30. The molecule has 14 heavy (non-hydrogen) atoms. The van der Waals surface area contributed by atoms with E-state index in [0.29, 0.717) is 0 Å². The van der Waals surface area contributed by atoms with Gasteiger partial charge in [0, 0.05) is 5.02 Å². The second-order valence-corrected chi connectivity index (χ2v) is 5.09. The lowest BCUT2D eigenvalue weighted by atomic mass is 9.57. The summed E-state index contributed by atoms with van der Waals surface area (Å²) < 4.78 is 0. The third-order valence-corrected chi connectivity index (χ3v) is 4.30. The second kappa shape index (κ2) is 3.58. The Morgan fingerprint density at radius 2 is 1.36 bits per heavy atom. The molecule has 0 aliphatic heterocycles. The van der Waals surface area contributed by atoms with Crippen LogP contribution in [0.15, 0.2) is 24.3 Å². The SMILES string of the molecule is CC1C(C)C(c2ccc(Cl)cc2)C1C. The number of hydrogen-bond donors (Lipinski definition) is 0. The Hall–Kier alpha value is -0.490. The summed E-state index contributed by atoms with van der Waals surface area (Å²) in [6.07, 6.45) is 0. The third-order valence-electron chi connectivity index (χ3n) is 4.05. The fraction of sp³-hybridized carbons (Fsp3) is 0.538. The first-order valence-electron chi connectivity index (χ1n) is 5.36. The van der Waals surface area contributed by atoms with Crippen LogP contribution in [-0.2, 0) is 0 Å². The highest BCUT2D eigenvalue weighted by Crippen LogP contribution is 2.51. The van der Waals surface area contributed by atoms with Crippen molar-refractivity contribution < 1.29 is 0 Å². The maximum atomic E-state index is 5.88. The van der Waals surface area contributed by atoms with Crippen LogP contribution in [-0.4, -0.2) is 0 Å². The fourth-order valence-electron chi connectivity index (χ4n) is 2.76. The molecule has 1 aliphatic rings. The lowest BCUT2D eigenvalue weighted by Crippen LogP contribution is -2.39. The summed E-state index contributed by atoms with van der Waals surface area (Å²) in [6.45, 7) is 7.05. The Balaban J connectivity index is 2.20. The monoisotopic (exact) mass is 208 g/mol. The summed E-state index contributed by atoms with van der Waals surface area (Å²) in [5.74, 6) is 3.22. The molecule has 0 amide bonds. The molecule has 0 nitrogen and oxygen atoms in total. The molecule has 0 radical (unpaired) electrons. The Morgan fingerprint density at radius 1 is 0.857 bits per heavy atom. The van der Waals surface area contributed by atoms with Crippen LogP contribution in [0.3, 0.4) is 0 Å². The summed E-state index contributed by atoms with van der Waals surface area (Å²) in [5.41, 5.74) is 1.45. The average Bonchev–Trinajstić information content (AvgIpc) is 2.21. The molecule has 0 heterocycles. The van der Waals surface area contributed by atoms with Crippen LogP contribution in [0.25, 0.3) is 0 Å². The molecule has 0 spiro atoms. The van der Waals surface area contributed by atoms with Crippen molar-refractivity contribution in [3.05, 3.63) is 34.9 Å². The van der Waals surface area contributed by atoms with E-state index in [1.807, 2.05) is 12.1 Å². The van der Waals surface area contributed by atoms with Gasteiger partial charge in [-0.15, -0.1) is 0 Å². The molecule has 1 aliphatic carbocycles. The summed E-state index contributed by atoms with van der Waals surface area (Å²) in [4.78, 5) is 0. The minimum absolute atomic E-state index is 0.738. The normalized spacial score (nSPS) is 36.6. The molecule has 2 atom stereocenters. The van der Waals surface area contributed by atoms with Crippen LogP contribution < -0.4 is 0 Å². The summed E-state index contributed by atoms with van der Waals surface area (Å²) in [6, 6.07) is 8.34. The molecule has 0 N–H and O–H groups in total. The van der Waals surface area contributed by atoms with Gasteiger partial charge in [-0.3, -0.25) is 0 Å². The summed E-state index contributed by atoms with van der Waals surface area (Å²) in [7, 11) is 0. The molecule has 1 fully saturated rings. The van der Waals surface area contributed by atoms with E-state index < -0.39 is 0 Å². The number of hydrogen-bond acceptors (Lipinski definition) is 0. The molecule has 1 aromatic carbocycles. The molecule has 0 aromatic heterocycles. The fourth-order valence-corrected chi connectivity index (χ4v) is 2.88. The quantitative estimate of drug-likeness (QED) is 0.644. The van der Waals surface area contributed by atoms with Gasteiger partial charge in [0.05, 0.1) is 0 Å². The number of halogens is 1. The van der Waals surface area contributed by atoms with Crippen LogP contribution in [0.1, 0.15) is 32.3 Å². The minimum Gasteiger partial charge on any atom is -0.0843 e. The maximum Gasteiger partial charge on any atom is 0.0406 e. The van der Waals surface area contributed by atoms with Gasteiger partial charge in [-0.2, -0.15) is 0 Å². The van der Waals surface area contributed by atoms with Crippen molar-refractivity contribution >= 4 is 11.6 Å². The molecule has 2 unspecified atom stereocenters. The zero-order chi connectivity index (χ0) is 10.3. The van der Waals surface area contributed by atoms with Crippen LogP contribution in [0.4, 0.5) is 0 Å². The Bertz CT molecular complexity index is 305. The topological polar surface area (TPSA) is 0 Å². The van der Waals surface area contributed by atoms with Crippen molar-refractivity contribution in [1.82, 2.24) is 0 Å². The van der Waals surface area contributed by atoms with E-state index in [1.165, 1.54) is 5.56 Å². The van der Waals surface area contributed by atoms with E-state index in [0.717, 1.165) is 28.7 Å². The molecular weight excluding hydrogens is 192 g/mol. The highest BCUT2D eigenvalue weighted by Gasteiger charge is 2.42. The van der Waals surface area contributed by atoms with Crippen molar-refractivity contribution in [3.8, 4) is 0 Å². The van der Waals surface area contributed by atoms with Crippen LogP contribution in [0.2, 0.25) is 5.02 Å².